The Balaban J connectivity index is 1.47. The number of halogens is 1. The first-order valence-electron chi connectivity index (χ1n) is 10.7. The average molecular weight is 413 g/mol. The number of carbonyl (C=O) groups excluding carboxylic acids is 1. The Labute approximate surface area is 176 Å². The maximum absolute atomic E-state index is 14.8. The summed E-state index contributed by atoms with van der Waals surface area (Å²) < 4.78 is 14.8. The van der Waals surface area contributed by atoms with E-state index in [4.69, 9.17) is 0 Å². The zero-order valence-electron chi connectivity index (χ0n) is 17.7. The van der Waals surface area contributed by atoms with Gasteiger partial charge in [-0.05, 0) is 31.7 Å². The number of nitrogens with zero attached hydrogens (tertiary/aromatic N) is 5. The zero-order chi connectivity index (χ0) is 21.1. The van der Waals surface area contributed by atoms with Crippen LogP contribution in [0.5, 0.6) is 0 Å². The van der Waals surface area contributed by atoms with Gasteiger partial charge in [-0.3, -0.25) is 9.69 Å². The number of amides is 1. The number of fused-ring (bicyclic) bond motifs is 1. The van der Waals surface area contributed by atoms with Crippen molar-refractivity contribution in [2.24, 2.45) is 0 Å². The number of piperazine rings is 1. The third-order valence-corrected chi connectivity index (χ3v) is 5.77. The minimum absolute atomic E-state index is 0.0649. The lowest BCUT2D eigenvalue weighted by Gasteiger charge is -2.34. The topological polar surface area (TPSA) is 64.6 Å². The number of benzene rings is 1. The van der Waals surface area contributed by atoms with Crippen molar-refractivity contribution >= 4 is 29.0 Å². The van der Waals surface area contributed by atoms with Crippen LogP contribution in [0.3, 0.4) is 0 Å². The number of nitrogens with one attached hydrogen (secondary N) is 1. The van der Waals surface area contributed by atoms with Crippen LogP contribution in [0.2, 0.25) is 0 Å². The lowest BCUT2D eigenvalue weighted by atomic mass is 10.2. The van der Waals surface area contributed by atoms with Crippen LogP contribution in [-0.2, 0) is 11.2 Å². The Morgan fingerprint density at radius 1 is 1.17 bits per heavy atom. The van der Waals surface area contributed by atoms with E-state index in [-0.39, 0.29) is 11.7 Å². The second kappa shape index (κ2) is 8.95. The summed E-state index contributed by atoms with van der Waals surface area (Å²) in [7, 11) is 2.08. The number of aromatic nitrogens is 2. The van der Waals surface area contributed by atoms with Gasteiger partial charge in [0.05, 0.1) is 12.1 Å². The van der Waals surface area contributed by atoms with Crippen LogP contribution in [-0.4, -0.2) is 60.5 Å². The summed E-state index contributed by atoms with van der Waals surface area (Å²) in [5.74, 6) is 0.844. The molecular weight excluding hydrogens is 383 g/mol. The van der Waals surface area contributed by atoms with Crippen LogP contribution in [0, 0.1) is 5.82 Å². The van der Waals surface area contributed by atoms with Gasteiger partial charge in [0.25, 0.3) is 0 Å². The standard InChI is InChI=1S/C22H29FN6O/c1-3-4-5-8-29-20(30)13-16-15-24-22(26-21(16)29)25-17-6-7-19(18(23)14-17)28-11-9-27(2)10-12-28/h6-7,14-15H,3-5,8-13H2,1-2H3,(H,24,25,26). The van der Waals surface area contributed by atoms with E-state index in [0.717, 1.165) is 51.0 Å². The van der Waals surface area contributed by atoms with Gasteiger partial charge in [-0.2, -0.15) is 4.98 Å². The molecule has 0 spiro atoms. The molecule has 2 aliphatic heterocycles. The fourth-order valence-electron chi connectivity index (χ4n) is 3.96. The van der Waals surface area contributed by atoms with Crippen molar-refractivity contribution in [3.05, 3.63) is 35.8 Å². The molecule has 0 saturated carbocycles. The summed E-state index contributed by atoms with van der Waals surface area (Å²) >= 11 is 0. The van der Waals surface area contributed by atoms with Crippen molar-refractivity contribution < 1.29 is 9.18 Å². The second-order valence-electron chi connectivity index (χ2n) is 8.05. The van der Waals surface area contributed by atoms with Gasteiger partial charge in [0, 0.05) is 50.2 Å². The molecule has 2 aliphatic rings. The molecule has 3 heterocycles. The molecule has 1 fully saturated rings. The highest BCUT2D eigenvalue weighted by Crippen LogP contribution is 2.29. The predicted molar refractivity (Wildman–Crippen MR) is 117 cm³/mol. The first-order chi connectivity index (χ1) is 14.5. The van der Waals surface area contributed by atoms with Crippen LogP contribution in [0.25, 0.3) is 0 Å². The van der Waals surface area contributed by atoms with Crippen molar-refractivity contribution in [2.45, 2.75) is 32.6 Å². The molecule has 1 amide bonds. The predicted octanol–water partition coefficient (Wildman–Crippen LogP) is 3.19. The molecular formula is C22H29FN6O. The van der Waals surface area contributed by atoms with Crippen LogP contribution < -0.4 is 15.1 Å². The smallest absolute Gasteiger partial charge is 0.232 e. The highest BCUT2D eigenvalue weighted by atomic mass is 19.1. The molecule has 0 atom stereocenters. The van der Waals surface area contributed by atoms with Gasteiger partial charge in [-0.15, -0.1) is 0 Å². The summed E-state index contributed by atoms with van der Waals surface area (Å²) in [5, 5.41) is 3.09. The maximum Gasteiger partial charge on any atom is 0.232 e. The largest absolute Gasteiger partial charge is 0.367 e. The van der Waals surface area contributed by atoms with Crippen molar-refractivity contribution in [1.29, 1.82) is 0 Å². The van der Waals surface area contributed by atoms with Gasteiger partial charge < -0.3 is 15.1 Å². The summed E-state index contributed by atoms with van der Waals surface area (Å²) in [5.41, 5.74) is 2.06. The number of unbranched alkanes of at least 4 members (excludes halogenated alkanes) is 2. The Kier molecular flexibility index (Phi) is 6.13. The Bertz CT molecular complexity index is 912. The van der Waals surface area contributed by atoms with Gasteiger partial charge in [0.15, 0.2) is 0 Å². The fraction of sp³-hybridized carbons (Fsp3) is 0.500. The van der Waals surface area contributed by atoms with Gasteiger partial charge in [-0.25, -0.2) is 9.37 Å². The quantitative estimate of drug-likeness (QED) is 0.705. The molecule has 0 radical (unpaired) electrons. The lowest BCUT2D eigenvalue weighted by molar-refractivity contribution is -0.117. The molecule has 4 rings (SSSR count). The summed E-state index contributed by atoms with van der Waals surface area (Å²) in [6.07, 6.45) is 5.16. The van der Waals surface area contributed by atoms with E-state index in [1.807, 2.05) is 6.07 Å². The van der Waals surface area contributed by atoms with Crippen LogP contribution in [0.1, 0.15) is 31.7 Å². The number of anilines is 4. The molecule has 160 valence electrons. The molecule has 1 N–H and O–H groups in total. The summed E-state index contributed by atoms with van der Waals surface area (Å²) in [6.45, 7) is 6.29. The van der Waals surface area contributed by atoms with E-state index in [0.29, 0.717) is 36.1 Å². The third-order valence-electron chi connectivity index (χ3n) is 5.77. The van der Waals surface area contributed by atoms with Gasteiger partial charge in [0.2, 0.25) is 11.9 Å². The molecule has 30 heavy (non-hydrogen) atoms. The van der Waals surface area contributed by atoms with Gasteiger partial charge in [-0.1, -0.05) is 19.8 Å². The van der Waals surface area contributed by atoms with E-state index < -0.39 is 0 Å². The Morgan fingerprint density at radius 2 is 1.97 bits per heavy atom. The van der Waals surface area contributed by atoms with Crippen molar-refractivity contribution in [3.8, 4) is 0 Å². The minimum atomic E-state index is -0.262. The van der Waals surface area contributed by atoms with Crippen LogP contribution in [0.15, 0.2) is 24.4 Å². The van der Waals surface area contributed by atoms with Gasteiger partial charge >= 0.3 is 0 Å². The fourth-order valence-corrected chi connectivity index (χ4v) is 3.96. The van der Waals surface area contributed by atoms with Gasteiger partial charge in [0.1, 0.15) is 11.6 Å². The second-order valence-corrected chi connectivity index (χ2v) is 8.05. The maximum atomic E-state index is 14.8. The Hall–Kier alpha value is -2.74. The number of hydrogen-bond acceptors (Lipinski definition) is 6. The van der Waals surface area contributed by atoms with E-state index >= 15 is 0 Å². The minimum Gasteiger partial charge on any atom is -0.367 e. The molecule has 0 bridgehead atoms. The SMILES string of the molecule is CCCCCN1C(=O)Cc2cnc(Nc3ccc(N4CCN(C)CC4)c(F)c3)nc21. The molecule has 1 aromatic heterocycles. The van der Waals surface area contributed by atoms with Crippen molar-refractivity contribution in [1.82, 2.24) is 14.9 Å². The molecule has 1 aromatic carbocycles. The lowest BCUT2D eigenvalue weighted by Crippen LogP contribution is -2.44. The zero-order valence-corrected chi connectivity index (χ0v) is 17.7. The molecule has 2 aromatic rings. The number of carbonyl (C=O) groups is 1. The molecule has 8 heteroatoms. The Morgan fingerprint density at radius 3 is 2.70 bits per heavy atom. The van der Waals surface area contributed by atoms with Crippen molar-refractivity contribution in [2.75, 3.05) is 54.9 Å². The monoisotopic (exact) mass is 412 g/mol. The van der Waals surface area contributed by atoms with E-state index in [9.17, 15) is 9.18 Å². The van der Waals surface area contributed by atoms with E-state index in [2.05, 4.69) is 39.1 Å². The molecule has 1 saturated heterocycles. The van der Waals surface area contributed by atoms with Crippen LogP contribution in [0.4, 0.5) is 27.5 Å². The molecule has 7 nitrogen and oxygen atoms in total. The number of hydrogen-bond donors (Lipinski definition) is 1. The highest BCUT2D eigenvalue weighted by Gasteiger charge is 2.29. The normalized spacial score (nSPS) is 16.8. The molecule has 0 unspecified atom stereocenters. The summed E-state index contributed by atoms with van der Waals surface area (Å²) in [4.78, 5) is 27.3. The first kappa shape index (κ1) is 20.5. The first-order valence-corrected chi connectivity index (χ1v) is 10.7. The van der Waals surface area contributed by atoms with E-state index in [1.54, 1.807) is 17.2 Å². The number of rotatable bonds is 7. The molecule has 0 aliphatic carbocycles. The third kappa shape index (κ3) is 4.38. The van der Waals surface area contributed by atoms with Crippen molar-refractivity contribution in [3.63, 3.8) is 0 Å². The number of likely N-dealkylation sites (N-methyl/N-ethyl adjacent to an activating group) is 1. The average Bonchev–Trinajstić information content (AvgIpc) is 3.04. The highest BCUT2D eigenvalue weighted by molar-refractivity contribution is 6.00. The van der Waals surface area contributed by atoms with Crippen LogP contribution >= 0.6 is 0 Å². The van der Waals surface area contributed by atoms with E-state index in [1.165, 1.54) is 6.07 Å². The summed E-state index contributed by atoms with van der Waals surface area (Å²) in [6, 6.07) is 5.13.